The van der Waals surface area contributed by atoms with Gasteiger partial charge in [0.2, 0.25) is 0 Å². The molecule has 1 aromatic carbocycles. The molecule has 0 unspecified atom stereocenters. The number of aromatic nitrogens is 1. The van der Waals surface area contributed by atoms with E-state index in [9.17, 15) is 14.9 Å². The Hall–Kier alpha value is -2.74. The number of carbonyl (C=O) groups excluding carboxylic acids is 1. The van der Waals surface area contributed by atoms with Gasteiger partial charge in [-0.05, 0) is 22.0 Å². The Balaban J connectivity index is 1.83. The average Bonchev–Trinajstić information content (AvgIpc) is 3.04. The summed E-state index contributed by atoms with van der Waals surface area (Å²) in [5.74, 6) is -0.663. The number of rotatable bonds is 3. The minimum absolute atomic E-state index is 0.129. The van der Waals surface area contributed by atoms with Crippen molar-refractivity contribution in [3.05, 3.63) is 51.6 Å². The number of nitro groups is 1. The van der Waals surface area contributed by atoms with E-state index in [4.69, 9.17) is 4.42 Å². The lowest BCUT2D eigenvalue weighted by molar-refractivity contribution is -0.389. The van der Waals surface area contributed by atoms with Crippen LogP contribution in [-0.2, 0) is 0 Å². The average molecular weight is 289 g/mol. The van der Waals surface area contributed by atoms with Gasteiger partial charge in [0.15, 0.2) is 5.76 Å². The van der Waals surface area contributed by atoms with Gasteiger partial charge in [0.05, 0.1) is 5.38 Å². The molecule has 3 aromatic rings. The predicted molar refractivity (Wildman–Crippen MR) is 72.9 cm³/mol. The zero-order valence-corrected chi connectivity index (χ0v) is 10.7. The first-order chi connectivity index (χ1) is 9.63. The smallest absolute Gasteiger partial charge is 0.376 e. The van der Waals surface area contributed by atoms with E-state index in [1.54, 1.807) is 18.2 Å². The summed E-state index contributed by atoms with van der Waals surface area (Å²) in [6.45, 7) is 0. The second-order valence-electron chi connectivity index (χ2n) is 3.87. The number of hydrogen-bond acceptors (Lipinski definition) is 6. The lowest BCUT2D eigenvalue weighted by Gasteiger charge is -1.93. The topological polar surface area (TPSA) is 98.3 Å². The Kier molecular flexibility index (Phi) is 2.92. The summed E-state index contributed by atoms with van der Waals surface area (Å²) >= 11 is 0.981. The SMILES string of the molecule is O=C(Nc1nc([N+](=O)[O-])cs1)c1cc2ccccc2o1. The van der Waals surface area contributed by atoms with Crippen molar-refractivity contribution < 1.29 is 14.1 Å². The first-order valence-electron chi connectivity index (χ1n) is 5.53. The fourth-order valence-electron chi connectivity index (χ4n) is 1.66. The maximum Gasteiger partial charge on any atom is 0.376 e. The van der Waals surface area contributed by atoms with Crippen molar-refractivity contribution >= 4 is 39.2 Å². The second-order valence-corrected chi connectivity index (χ2v) is 4.73. The monoisotopic (exact) mass is 289 g/mol. The van der Waals surface area contributed by atoms with E-state index in [1.165, 1.54) is 5.38 Å². The number of thiazole rings is 1. The van der Waals surface area contributed by atoms with Gasteiger partial charge in [0.1, 0.15) is 5.58 Å². The molecule has 0 bridgehead atoms. The Labute approximate surface area is 116 Å². The highest BCUT2D eigenvalue weighted by atomic mass is 32.1. The summed E-state index contributed by atoms with van der Waals surface area (Å²) in [4.78, 5) is 25.5. The van der Waals surface area contributed by atoms with Crippen LogP contribution in [0.3, 0.4) is 0 Å². The van der Waals surface area contributed by atoms with Gasteiger partial charge in [-0.25, -0.2) is 0 Å². The first-order valence-corrected chi connectivity index (χ1v) is 6.41. The fraction of sp³-hybridized carbons (Fsp3) is 0. The summed E-state index contributed by atoms with van der Waals surface area (Å²) in [7, 11) is 0. The molecule has 0 fully saturated rings. The van der Waals surface area contributed by atoms with E-state index >= 15 is 0 Å². The molecule has 3 rings (SSSR count). The van der Waals surface area contributed by atoms with Crippen LogP contribution in [0.1, 0.15) is 10.6 Å². The van der Waals surface area contributed by atoms with E-state index in [2.05, 4.69) is 10.3 Å². The minimum Gasteiger partial charge on any atom is -0.451 e. The molecular formula is C12H7N3O4S. The third-order valence-corrected chi connectivity index (χ3v) is 3.29. The molecule has 20 heavy (non-hydrogen) atoms. The van der Waals surface area contributed by atoms with Crippen LogP contribution in [0.4, 0.5) is 10.9 Å². The summed E-state index contributed by atoms with van der Waals surface area (Å²) in [6, 6.07) is 8.82. The molecule has 0 saturated carbocycles. The van der Waals surface area contributed by atoms with Crippen molar-refractivity contribution in [3.8, 4) is 0 Å². The number of furan rings is 1. The maximum atomic E-state index is 12.0. The lowest BCUT2D eigenvalue weighted by Crippen LogP contribution is -2.10. The molecule has 2 heterocycles. The Bertz CT molecular complexity index is 775. The zero-order chi connectivity index (χ0) is 14.1. The van der Waals surface area contributed by atoms with Crippen molar-refractivity contribution in [3.63, 3.8) is 0 Å². The minimum atomic E-state index is -0.618. The van der Waals surface area contributed by atoms with Gasteiger partial charge < -0.3 is 14.5 Å². The number of amides is 1. The highest BCUT2D eigenvalue weighted by Crippen LogP contribution is 2.23. The number of nitrogens with one attached hydrogen (secondary N) is 1. The van der Waals surface area contributed by atoms with Crippen LogP contribution in [0.2, 0.25) is 0 Å². The highest BCUT2D eigenvalue weighted by Gasteiger charge is 2.18. The van der Waals surface area contributed by atoms with Crippen LogP contribution in [0.5, 0.6) is 0 Å². The molecule has 0 aliphatic heterocycles. The molecule has 1 N–H and O–H groups in total. The number of nitrogens with zero attached hydrogens (tertiary/aromatic N) is 2. The molecule has 2 aromatic heterocycles. The number of benzene rings is 1. The molecular weight excluding hydrogens is 282 g/mol. The van der Waals surface area contributed by atoms with Crippen molar-refractivity contribution in [1.29, 1.82) is 0 Å². The Morgan fingerprint density at radius 2 is 2.20 bits per heavy atom. The van der Waals surface area contributed by atoms with Crippen molar-refractivity contribution in [2.45, 2.75) is 0 Å². The number of carbonyl (C=O) groups is 1. The Morgan fingerprint density at radius 1 is 1.40 bits per heavy atom. The van der Waals surface area contributed by atoms with Gasteiger partial charge in [-0.3, -0.25) is 10.1 Å². The predicted octanol–water partition coefficient (Wildman–Crippen LogP) is 3.05. The molecule has 0 saturated heterocycles. The van der Waals surface area contributed by atoms with Crippen LogP contribution in [0.15, 0.2) is 40.1 Å². The Morgan fingerprint density at radius 3 is 2.90 bits per heavy atom. The third-order valence-electron chi connectivity index (χ3n) is 2.55. The fourth-order valence-corrected chi connectivity index (χ4v) is 2.31. The van der Waals surface area contributed by atoms with Crippen LogP contribution in [0.25, 0.3) is 11.0 Å². The van der Waals surface area contributed by atoms with Crippen molar-refractivity contribution in [2.24, 2.45) is 0 Å². The normalized spacial score (nSPS) is 10.6. The lowest BCUT2D eigenvalue weighted by atomic mass is 10.2. The zero-order valence-electron chi connectivity index (χ0n) is 9.90. The van der Waals surface area contributed by atoms with E-state index in [0.29, 0.717) is 5.58 Å². The van der Waals surface area contributed by atoms with E-state index < -0.39 is 10.8 Å². The number of anilines is 1. The molecule has 7 nitrogen and oxygen atoms in total. The largest absolute Gasteiger partial charge is 0.451 e. The summed E-state index contributed by atoms with van der Waals surface area (Å²) in [6.07, 6.45) is 0. The molecule has 8 heteroatoms. The molecule has 0 aliphatic rings. The quantitative estimate of drug-likeness (QED) is 0.590. The summed E-state index contributed by atoms with van der Waals surface area (Å²) in [5.41, 5.74) is 0.600. The molecule has 0 atom stereocenters. The van der Waals surface area contributed by atoms with Gasteiger partial charge in [-0.2, -0.15) is 0 Å². The van der Waals surface area contributed by atoms with Crippen molar-refractivity contribution in [1.82, 2.24) is 4.98 Å². The van der Waals surface area contributed by atoms with Crippen molar-refractivity contribution in [2.75, 3.05) is 5.32 Å². The van der Waals surface area contributed by atoms with E-state index in [1.807, 2.05) is 12.1 Å². The number of hydrogen-bond donors (Lipinski definition) is 1. The van der Waals surface area contributed by atoms with Gasteiger partial charge in [-0.1, -0.05) is 29.5 Å². The van der Waals surface area contributed by atoms with Gasteiger partial charge >= 0.3 is 10.9 Å². The summed E-state index contributed by atoms with van der Waals surface area (Å²) in [5, 5.41) is 15.2. The molecule has 100 valence electrons. The standard InChI is InChI=1S/C12H7N3O4S/c16-11(14-12-13-10(6-20-12)15(17)18)9-5-7-3-1-2-4-8(7)19-9/h1-6H,(H,13,14,16). The van der Waals surface area contributed by atoms with E-state index in [0.717, 1.165) is 16.7 Å². The van der Waals surface area contributed by atoms with Crippen LogP contribution in [0, 0.1) is 10.1 Å². The molecule has 0 aliphatic carbocycles. The van der Waals surface area contributed by atoms with Crippen LogP contribution in [-0.4, -0.2) is 15.8 Å². The van der Waals surface area contributed by atoms with Gasteiger partial charge in [0.25, 0.3) is 5.91 Å². The number of para-hydroxylation sites is 1. The maximum absolute atomic E-state index is 12.0. The van der Waals surface area contributed by atoms with E-state index in [-0.39, 0.29) is 16.7 Å². The summed E-state index contributed by atoms with van der Waals surface area (Å²) < 4.78 is 5.39. The van der Waals surface area contributed by atoms with Gasteiger partial charge in [-0.15, -0.1) is 0 Å². The van der Waals surface area contributed by atoms with Crippen LogP contribution < -0.4 is 5.32 Å². The second kappa shape index (κ2) is 4.74. The molecule has 1 amide bonds. The van der Waals surface area contributed by atoms with Gasteiger partial charge in [0, 0.05) is 5.39 Å². The first kappa shape index (κ1) is 12.3. The molecule has 0 radical (unpaired) electrons. The molecule has 0 spiro atoms. The van der Waals surface area contributed by atoms with Crippen LogP contribution >= 0.6 is 11.3 Å². The third kappa shape index (κ3) is 2.24. The highest BCUT2D eigenvalue weighted by molar-refractivity contribution is 7.14. The number of fused-ring (bicyclic) bond motifs is 1.